The van der Waals surface area contributed by atoms with Gasteiger partial charge < -0.3 is 4.42 Å². The fourth-order valence-electron chi connectivity index (χ4n) is 2.26. The van der Waals surface area contributed by atoms with Crippen LogP contribution in [0.3, 0.4) is 0 Å². The van der Waals surface area contributed by atoms with E-state index in [0.717, 1.165) is 4.47 Å². The summed E-state index contributed by atoms with van der Waals surface area (Å²) in [5, 5.41) is 14.9. The van der Waals surface area contributed by atoms with Gasteiger partial charge in [-0.25, -0.2) is 5.43 Å². The first-order valence-corrected chi connectivity index (χ1v) is 8.26. The first kappa shape index (κ1) is 17.6. The van der Waals surface area contributed by atoms with Gasteiger partial charge in [0.1, 0.15) is 11.5 Å². The van der Waals surface area contributed by atoms with Crippen LogP contribution in [0.25, 0.3) is 11.3 Å². The quantitative estimate of drug-likeness (QED) is 0.381. The maximum Gasteiger partial charge on any atom is 0.280 e. The standard InChI is InChI=1S/C18H12BrN3O4/c19-13-5-3-4-12(10-13)18(23)21-20-11-14-8-9-17(26-14)15-6-1-2-7-16(15)22(24)25/h1-11H,(H,21,23)/b20-11-. The van der Waals surface area contributed by atoms with Gasteiger partial charge in [0.2, 0.25) is 0 Å². The molecule has 1 amide bonds. The molecule has 0 bridgehead atoms. The molecule has 0 aliphatic carbocycles. The predicted molar refractivity (Wildman–Crippen MR) is 100 cm³/mol. The number of hydrogen-bond acceptors (Lipinski definition) is 5. The van der Waals surface area contributed by atoms with Crippen molar-refractivity contribution in [2.45, 2.75) is 0 Å². The van der Waals surface area contributed by atoms with E-state index in [1.165, 1.54) is 12.3 Å². The van der Waals surface area contributed by atoms with Crippen LogP contribution in [-0.2, 0) is 0 Å². The zero-order valence-electron chi connectivity index (χ0n) is 13.3. The third-order valence-electron chi connectivity index (χ3n) is 3.44. The molecule has 0 fully saturated rings. The summed E-state index contributed by atoms with van der Waals surface area (Å²) >= 11 is 3.29. The Hall–Kier alpha value is -3.26. The van der Waals surface area contributed by atoms with Crippen molar-refractivity contribution in [3.8, 4) is 11.3 Å². The molecular weight excluding hydrogens is 402 g/mol. The number of hydrazone groups is 1. The Morgan fingerprint density at radius 1 is 1.15 bits per heavy atom. The molecule has 1 N–H and O–H groups in total. The molecule has 0 atom stereocenters. The summed E-state index contributed by atoms with van der Waals surface area (Å²) in [6.07, 6.45) is 1.33. The molecule has 0 radical (unpaired) electrons. The van der Waals surface area contributed by atoms with Gasteiger partial charge in [0.15, 0.2) is 0 Å². The average Bonchev–Trinajstić information content (AvgIpc) is 3.10. The molecule has 0 saturated carbocycles. The zero-order valence-corrected chi connectivity index (χ0v) is 14.8. The first-order chi connectivity index (χ1) is 12.5. The highest BCUT2D eigenvalue weighted by Gasteiger charge is 2.16. The van der Waals surface area contributed by atoms with E-state index in [2.05, 4.69) is 26.5 Å². The number of nitrogens with zero attached hydrogens (tertiary/aromatic N) is 2. The third-order valence-corrected chi connectivity index (χ3v) is 3.93. The lowest BCUT2D eigenvalue weighted by Crippen LogP contribution is -2.17. The minimum atomic E-state index is -0.468. The molecule has 0 aliphatic rings. The summed E-state index contributed by atoms with van der Waals surface area (Å²) in [4.78, 5) is 22.6. The van der Waals surface area contributed by atoms with Crippen molar-refractivity contribution in [2.75, 3.05) is 0 Å². The lowest BCUT2D eigenvalue weighted by molar-refractivity contribution is -0.384. The SMILES string of the molecule is O=C(N/N=C\c1ccc(-c2ccccc2[N+](=O)[O-])o1)c1cccc(Br)c1. The topological polar surface area (TPSA) is 97.7 Å². The van der Waals surface area contributed by atoms with Crippen LogP contribution >= 0.6 is 15.9 Å². The van der Waals surface area contributed by atoms with Gasteiger partial charge in [-0.3, -0.25) is 14.9 Å². The number of nitrogens with one attached hydrogen (secondary N) is 1. The molecule has 130 valence electrons. The van der Waals surface area contributed by atoms with Crippen molar-refractivity contribution in [1.82, 2.24) is 5.43 Å². The van der Waals surface area contributed by atoms with Gasteiger partial charge in [-0.2, -0.15) is 5.10 Å². The molecule has 0 aliphatic heterocycles. The molecule has 0 spiro atoms. The number of furan rings is 1. The van der Waals surface area contributed by atoms with Gasteiger partial charge in [0.05, 0.1) is 16.7 Å². The van der Waals surface area contributed by atoms with Crippen molar-refractivity contribution in [2.24, 2.45) is 5.10 Å². The van der Waals surface area contributed by atoms with Crippen molar-refractivity contribution < 1.29 is 14.1 Å². The van der Waals surface area contributed by atoms with Crippen molar-refractivity contribution in [1.29, 1.82) is 0 Å². The molecule has 26 heavy (non-hydrogen) atoms. The van der Waals surface area contributed by atoms with Gasteiger partial charge in [-0.15, -0.1) is 0 Å². The maximum absolute atomic E-state index is 12.0. The molecule has 8 heteroatoms. The molecule has 3 aromatic rings. The molecular formula is C18H12BrN3O4. The van der Waals surface area contributed by atoms with Gasteiger partial charge in [0.25, 0.3) is 11.6 Å². The van der Waals surface area contributed by atoms with E-state index in [-0.39, 0.29) is 11.6 Å². The molecule has 1 heterocycles. The Balaban J connectivity index is 1.72. The average molecular weight is 414 g/mol. The van der Waals surface area contributed by atoms with Crippen LogP contribution < -0.4 is 5.43 Å². The van der Waals surface area contributed by atoms with Crippen LogP contribution in [0, 0.1) is 10.1 Å². The summed E-state index contributed by atoms with van der Waals surface area (Å²) in [7, 11) is 0. The summed E-state index contributed by atoms with van der Waals surface area (Å²) in [6, 6.07) is 16.4. The Morgan fingerprint density at radius 2 is 1.96 bits per heavy atom. The summed E-state index contributed by atoms with van der Waals surface area (Å²) < 4.78 is 6.34. The van der Waals surface area contributed by atoms with Crippen LogP contribution in [0.15, 0.2) is 74.7 Å². The van der Waals surface area contributed by atoms with Gasteiger partial charge >= 0.3 is 0 Å². The number of benzene rings is 2. The molecule has 0 unspecified atom stereocenters. The van der Waals surface area contributed by atoms with E-state index in [0.29, 0.717) is 22.6 Å². The Morgan fingerprint density at radius 3 is 2.73 bits per heavy atom. The fourth-order valence-corrected chi connectivity index (χ4v) is 2.66. The van der Waals surface area contributed by atoms with E-state index < -0.39 is 4.92 Å². The van der Waals surface area contributed by atoms with Gasteiger partial charge in [0, 0.05) is 16.1 Å². The number of nitro groups is 1. The molecule has 7 nitrogen and oxygen atoms in total. The van der Waals surface area contributed by atoms with Gasteiger partial charge in [-0.05, 0) is 36.4 Å². The zero-order chi connectivity index (χ0) is 18.5. The minimum absolute atomic E-state index is 0.0479. The van der Waals surface area contributed by atoms with Crippen LogP contribution in [-0.4, -0.2) is 17.0 Å². The Labute approximate surface area is 156 Å². The normalized spacial score (nSPS) is 10.8. The number of amides is 1. The van der Waals surface area contributed by atoms with Crippen LogP contribution in [0.1, 0.15) is 16.1 Å². The third kappa shape index (κ3) is 4.04. The number of carbonyl (C=O) groups excluding carboxylic acids is 1. The number of para-hydroxylation sites is 1. The van der Waals surface area contributed by atoms with E-state index in [9.17, 15) is 14.9 Å². The minimum Gasteiger partial charge on any atom is -0.455 e. The Kier molecular flexibility index (Phi) is 5.23. The van der Waals surface area contributed by atoms with E-state index in [4.69, 9.17) is 4.42 Å². The van der Waals surface area contributed by atoms with Crippen LogP contribution in [0.4, 0.5) is 5.69 Å². The van der Waals surface area contributed by atoms with Crippen molar-refractivity contribution in [3.63, 3.8) is 0 Å². The van der Waals surface area contributed by atoms with E-state index in [1.54, 1.807) is 48.5 Å². The van der Waals surface area contributed by atoms with Gasteiger partial charge in [-0.1, -0.05) is 34.1 Å². The van der Waals surface area contributed by atoms with E-state index in [1.807, 2.05) is 6.07 Å². The lowest BCUT2D eigenvalue weighted by atomic mass is 10.1. The van der Waals surface area contributed by atoms with Crippen molar-refractivity contribution in [3.05, 3.63) is 86.6 Å². The Bertz CT molecular complexity index is 997. The second-order valence-corrected chi connectivity index (χ2v) is 6.10. The smallest absolute Gasteiger partial charge is 0.280 e. The number of carbonyl (C=O) groups is 1. The monoisotopic (exact) mass is 413 g/mol. The number of hydrogen-bond donors (Lipinski definition) is 1. The molecule has 0 saturated heterocycles. The number of halogens is 1. The summed E-state index contributed by atoms with van der Waals surface area (Å²) in [6.45, 7) is 0. The second kappa shape index (κ2) is 7.75. The summed E-state index contributed by atoms with van der Waals surface area (Å²) in [5.74, 6) is 0.331. The second-order valence-electron chi connectivity index (χ2n) is 5.19. The van der Waals surface area contributed by atoms with E-state index >= 15 is 0 Å². The van der Waals surface area contributed by atoms with Crippen LogP contribution in [0.2, 0.25) is 0 Å². The summed E-state index contributed by atoms with van der Waals surface area (Å²) in [5.41, 5.74) is 3.17. The molecule has 2 aromatic carbocycles. The highest BCUT2D eigenvalue weighted by Crippen LogP contribution is 2.30. The molecule has 3 rings (SSSR count). The maximum atomic E-state index is 12.0. The molecule has 1 aromatic heterocycles. The predicted octanol–water partition coefficient (Wildman–Crippen LogP) is 4.38. The van der Waals surface area contributed by atoms with Crippen LogP contribution in [0.5, 0.6) is 0 Å². The highest BCUT2D eigenvalue weighted by molar-refractivity contribution is 9.10. The largest absolute Gasteiger partial charge is 0.455 e. The van der Waals surface area contributed by atoms with Crippen molar-refractivity contribution >= 4 is 33.7 Å². The number of nitro benzene ring substituents is 1. The highest BCUT2D eigenvalue weighted by atomic mass is 79.9. The fraction of sp³-hybridized carbons (Fsp3) is 0. The first-order valence-electron chi connectivity index (χ1n) is 7.47. The lowest BCUT2D eigenvalue weighted by Gasteiger charge is -2.00. The number of rotatable bonds is 5.